The average Bonchev–Trinajstić information content (AvgIpc) is 3.36. The van der Waals surface area contributed by atoms with Gasteiger partial charge in [0.2, 0.25) is 0 Å². The second-order valence-electron chi connectivity index (χ2n) is 7.65. The Balaban J connectivity index is 1.41. The zero-order valence-electron chi connectivity index (χ0n) is 16.9. The van der Waals surface area contributed by atoms with Crippen LogP contribution in [0.15, 0.2) is 67.3 Å². The summed E-state index contributed by atoms with van der Waals surface area (Å²) in [5.41, 5.74) is 0.849. The average molecular weight is 430 g/mol. The van der Waals surface area contributed by atoms with Crippen molar-refractivity contribution in [2.24, 2.45) is 0 Å². The minimum Gasteiger partial charge on any atom is -0.494 e. The van der Waals surface area contributed by atoms with Crippen LogP contribution in [0.1, 0.15) is 24.8 Å². The van der Waals surface area contributed by atoms with Crippen LogP contribution in [0.25, 0.3) is 0 Å². The third kappa shape index (κ3) is 4.67. The quantitative estimate of drug-likeness (QED) is 0.469. The van der Waals surface area contributed by atoms with E-state index in [2.05, 4.69) is 21.7 Å². The molecule has 2 atom stereocenters. The molecule has 1 aliphatic heterocycles. The first-order valence-electron chi connectivity index (χ1n) is 10.1. The van der Waals surface area contributed by atoms with Crippen molar-refractivity contribution in [3.05, 3.63) is 83.7 Å². The molecule has 158 valence electrons. The lowest BCUT2D eigenvalue weighted by Gasteiger charge is -2.35. The number of rotatable bonds is 8. The van der Waals surface area contributed by atoms with Crippen molar-refractivity contribution in [1.82, 2.24) is 14.6 Å². The summed E-state index contributed by atoms with van der Waals surface area (Å²) >= 11 is 6.12. The van der Waals surface area contributed by atoms with Crippen LogP contribution in [0.4, 0.5) is 4.39 Å². The third-order valence-electron chi connectivity index (χ3n) is 5.61. The van der Waals surface area contributed by atoms with E-state index in [1.165, 1.54) is 12.1 Å². The SMILES string of the molecule is CN1OC(CCCOc2ccc(F)cc2)CC1(Cn1ccnc1)c1ccc(Cl)cc1. The number of ether oxygens (including phenoxy) is 1. The number of hydrogen-bond donors (Lipinski definition) is 0. The molecule has 1 saturated heterocycles. The highest BCUT2D eigenvalue weighted by molar-refractivity contribution is 6.30. The molecule has 7 heteroatoms. The number of imidazole rings is 1. The fourth-order valence-electron chi connectivity index (χ4n) is 4.05. The molecule has 2 heterocycles. The lowest BCUT2D eigenvalue weighted by molar-refractivity contribution is -0.176. The number of halogens is 2. The molecule has 2 unspecified atom stereocenters. The van der Waals surface area contributed by atoms with Crippen molar-refractivity contribution in [2.45, 2.75) is 37.5 Å². The largest absolute Gasteiger partial charge is 0.494 e. The normalized spacial score (nSPS) is 21.8. The second-order valence-corrected chi connectivity index (χ2v) is 8.08. The lowest BCUT2D eigenvalue weighted by Crippen LogP contribution is -2.41. The van der Waals surface area contributed by atoms with Crippen molar-refractivity contribution in [1.29, 1.82) is 0 Å². The molecule has 1 aromatic heterocycles. The van der Waals surface area contributed by atoms with Crippen LogP contribution in [0.5, 0.6) is 5.75 Å². The number of hydroxylamine groups is 2. The minimum atomic E-state index is -0.312. The number of benzene rings is 2. The molecule has 0 aliphatic carbocycles. The van der Waals surface area contributed by atoms with Gasteiger partial charge in [-0.3, -0.25) is 4.84 Å². The summed E-state index contributed by atoms with van der Waals surface area (Å²) in [4.78, 5) is 10.4. The Bertz CT molecular complexity index is 934. The van der Waals surface area contributed by atoms with Crippen molar-refractivity contribution in [2.75, 3.05) is 13.7 Å². The van der Waals surface area contributed by atoms with E-state index in [-0.39, 0.29) is 17.5 Å². The van der Waals surface area contributed by atoms with E-state index in [1.807, 2.05) is 36.8 Å². The Kier molecular flexibility index (Phi) is 6.37. The zero-order valence-corrected chi connectivity index (χ0v) is 17.6. The predicted octanol–water partition coefficient (Wildman–Crippen LogP) is 5.07. The van der Waals surface area contributed by atoms with Crippen LogP contribution in [-0.4, -0.2) is 34.4 Å². The molecule has 5 nitrogen and oxygen atoms in total. The Morgan fingerprint density at radius 2 is 1.97 bits per heavy atom. The van der Waals surface area contributed by atoms with Gasteiger partial charge in [0, 0.05) is 37.4 Å². The molecule has 0 N–H and O–H groups in total. The highest BCUT2D eigenvalue weighted by Crippen LogP contribution is 2.42. The molecule has 0 bridgehead atoms. The van der Waals surface area contributed by atoms with E-state index in [0.29, 0.717) is 17.4 Å². The monoisotopic (exact) mass is 429 g/mol. The first-order valence-corrected chi connectivity index (χ1v) is 10.4. The van der Waals surface area contributed by atoms with Gasteiger partial charge >= 0.3 is 0 Å². The van der Waals surface area contributed by atoms with E-state index in [9.17, 15) is 4.39 Å². The van der Waals surface area contributed by atoms with Gasteiger partial charge in [-0.2, -0.15) is 5.06 Å². The number of hydrogen-bond acceptors (Lipinski definition) is 4. The highest BCUT2D eigenvalue weighted by atomic mass is 35.5. The summed E-state index contributed by atoms with van der Waals surface area (Å²) < 4.78 is 20.8. The van der Waals surface area contributed by atoms with Crippen LogP contribution in [0, 0.1) is 5.82 Å². The van der Waals surface area contributed by atoms with Crippen molar-refractivity contribution in [3.63, 3.8) is 0 Å². The second kappa shape index (κ2) is 9.16. The number of nitrogens with zero attached hydrogens (tertiary/aromatic N) is 3. The van der Waals surface area contributed by atoms with Gasteiger partial charge in [-0.25, -0.2) is 9.37 Å². The van der Waals surface area contributed by atoms with Crippen LogP contribution in [-0.2, 0) is 16.9 Å². The summed E-state index contributed by atoms with van der Waals surface area (Å²) in [5, 5.41) is 2.69. The van der Waals surface area contributed by atoms with Crippen molar-refractivity contribution >= 4 is 11.6 Å². The molecule has 2 aromatic carbocycles. The van der Waals surface area contributed by atoms with Gasteiger partial charge in [0.15, 0.2) is 0 Å². The van der Waals surface area contributed by atoms with Crippen LogP contribution < -0.4 is 4.74 Å². The Morgan fingerprint density at radius 1 is 1.20 bits per heavy atom. The molecular formula is C23H25ClFN3O2. The highest BCUT2D eigenvalue weighted by Gasteiger charge is 2.46. The van der Waals surface area contributed by atoms with Gasteiger partial charge in [0.05, 0.1) is 24.6 Å². The maximum Gasteiger partial charge on any atom is 0.123 e. The first kappa shape index (κ1) is 20.8. The van der Waals surface area contributed by atoms with Crippen molar-refractivity contribution < 1.29 is 14.0 Å². The molecule has 3 aromatic rings. The molecule has 1 aliphatic rings. The first-order chi connectivity index (χ1) is 14.5. The maximum absolute atomic E-state index is 13.0. The molecule has 0 radical (unpaired) electrons. The van der Waals surface area contributed by atoms with Crippen LogP contribution in [0.3, 0.4) is 0 Å². The molecule has 0 saturated carbocycles. The smallest absolute Gasteiger partial charge is 0.123 e. The van der Waals surface area contributed by atoms with Crippen LogP contribution >= 0.6 is 11.6 Å². The van der Waals surface area contributed by atoms with E-state index >= 15 is 0 Å². The Labute approximate surface area is 181 Å². The van der Waals surface area contributed by atoms with Gasteiger partial charge in [0.25, 0.3) is 0 Å². The number of likely N-dealkylation sites (N-methyl/N-ethyl adjacent to an activating group) is 1. The Morgan fingerprint density at radius 3 is 2.67 bits per heavy atom. The van der Waals surface area contributed by atoms with Gasteiger partial charge < -0.3 is 9.30 Å². The maximum atomic E-state index is 13.0. The van der Waals surface area contributed by atoms with E-state index < -0.39 is 0 Å². The summed E-state index contributed by atoms with van der Waals surface area (Å²) in [6.07, 6.45) is 8.22. The van der Waals surface area contributed by atoms with E-state index in [0.717, 1.165) is 31.4 Å². The molecular weight excluding hydrogens is 405 g/mol. The minimum absolute atomic E-state index is 0.0750. The van der Waals surface area contributed by atoms with Crippen LogP contribution in [0.2, 0.25) is 5.02 Å². The fourth-order valence-corrected chi connectivity index (χ4v) is 4.18. The molecule has 0 amide bonds. The molecule has 0 spiro atoms. The van der Waals surface area contributed by atoms with Gasteiger partial charge in [0.1, 0.15) is 11.6 Å². The van der Waals surface area contributed by atoms with Crippen molar-refractivity contribution in [3.8, 4) is 5.75 Å². The van der Waals surface area contributed by atoms with Gasteiger partial charge in [-0.15, -0.1) is 0 Å². The summed E-state index contributed by atoms with van der Waals surface area (Å²) in [5.74, 6) is 0.414. The predicted molar refractivity (Wildman–Crippen MR) is 114 cm³/mol. The summed E-state index contributed by atoms with van der Waals surface area (Å²) in [6.45, 7) is 1.29. The standard InChI is InChI=1S/C23H25ClFN3O2/c1-27-23(16-28-13-12-26-17-28,18-4-6-19(24)7-5-18)15-22(30-27)3-2-14-29-21-10-8-20(25)9-11-21/h4-13,17,22H,2-3,14-16H2,1H3. The molecule has 1 fully saturated rings. The van der Waals surface area contributed by atoms with Gasteiger partial charge in [-0.05, 0) is 54.8 Å². The fraction of sp³-hybridized carbons (Fsp3) is 0.348. The Hall–Kier alpha value is -2.41. The summed E-state index contributed by atoms with van der Waals surface area (Å²) in [6, 6.07) is 14.1. The lowest BCUT2D eigenvalue weighted by atomic mass is 9.84. The topological polar surface area (TPSA) is 39.5 Å². The third-order valence-corrected chi connectivity index (χ3v) is 5.87. The molecule has 4 rings (SSSR count). The summed E-state index contributed by atoms with van der Waals surface area (Å²) in [7, 11) is 1.99. The van der Waals surface area contributed by atoms with E-state index in [1.54, 1.807) is 18.3 Å². The zero-order chi connectivity index (χ0) is 21.0. The number of aromatic nitrogens is 2. The van der Waals surface area contributed by atoms with Gasteiger partial charge in [-0.1, -0.05) is 23.7 Å². The van der Waals surface area contributed by atoms with E-state index in [4.69, 9.17) is 21.2 Å². The molecule has 30 heavy (non-hydrogen) atoms.